The van der Waals surface area contributed by atoms with Crippen molar-refractivity contribution in [3.8, 4) is 11.5 Å². The van der Waals surface area contributed by atoms with E-state index in [1.807, 2.05) is 64.1 Å². The highest BCUT2D eigenvalue weighted by molar-refractivity contribution is 7.07. The maximum absolute atomic E-state index is 14.1. The average molecular weight is 548 g/mol. The molecule has 3 aromatic rings. The molecule has 1 aliphatic heterocycles. The molecule has 0 radical (unpaired) electrons. The third kappa shape index (κ3) is 5.17. The number of nitrogens with zero attached hydrogens (tertiary/aromatic N) is 3. The summed E-state index contributed by atoms with van der Waals surface area (Å²) in [7, 11) is 3.28. The van der Waals surface area contributed by atoms with Gasteiger partial charge in [0.2, 0.25) is 0 Å². The van der Waals surface area contributed by atoms with Gasteiger partial charge in [-0.1, -0.05) is 43.4 Å². The molecule has 2 heterocycles. The molecule has 0 spiro atoms. The van der Waals surface area contributed by atoms with Crippen molar-refractivity contribution in [3.63, 3.8) is 0 Å². The van der Waals surface area contributed by atoms with Crippen LogP contribution < -0.4 is 24.4 Å². The van der Waals surface area contributed by atoms with Gasteiger partial charge < -0.3 is 14.4 Å². The lowest BCUT2D eigenvalue weighted by Gasteiger charge is -2.29. The quantitative estimate of drug-likeness (QED) is 0.415. The Morgan fingerprint density at radius 3 is 2.38 bits per heavy atom. The number of para-hydroxylation sites is 1. The Balaban J connectivity index is 2.00. The standard InChI is InChI=1S/C31H37N3O4S/c1-9-33(10-2)30(36)27-20(6)32-31-34(28(27)22-13-11-12-14-24(22)37-7)29(35)26(39-31)17-21-16-23(18(3)4)25(38-8)15-19(21)5/h11-18,28H,9-10H2,1-8H3/b26-17+/t28-/m1/s1. The van der Waals surface area contributed by atoms with Crippen LogP contribution in [0.5, 0.6) is 11.5 Å². The lowest BCUT2D eigenvalue weighted by atomic mass is 9.94. The van der Waals surface area contributed by atoms with Crippen molar-refractivity contribution in [2.75, 3.05) is 27.3 Å². The summed E-state index contributed by atoms with van der Waals surface area (Å²) >= 11 is 1.34. The molecule has 0 saturated carbocycles. The number of hydrogen-bond donors (Lipinski definition) is 0. The first-order chi connectivity index (χ1) is 18.7. The largest absolute Gasteiger partial charge is 0.496 e. The van der Waals surface area contributed by atoms with Gasteiger partial charge in [-0.2, -0.15) is 0 Å². The van der Waals surface area contributed by atoms with Gasteiger partial charge in [0.25, 0.3) is 11.5 Å². The fraction of sp³-hybridized carbons (Fsp3) is 0.387. The minimum atomic E-state index is -0.657. The van der Waals surface area contributed by atoms with Crippen LogP contribution >= 0.6 is 11.3 Å². The summed E-state index contributed by atoms with van der Waals surface area (Å²) in [5.74, 6) is 1.59. The number of allylic oxidation sites excluding steroid dienone is 1. The predicted octanol–water partition coefficient (Wildman–Crippen LogP) is 4.55. The van der Waals surface area contributed by atoms with Gasteiger partial charge in [-0.05, 0) is 74.6 Å². The first kappa shape index (κ1) is 28.4. The van der Waals surface area contributed by atoms with E-state index >= 15 is 0 Å². The van der Waals surface area contributed by atoms with Gasteiger partial charge in [0.15, 0.2) is 4.80 Å². The molecule has 0 saturated heterocycles. The number of likely N-dealkylation sites (N-methyl/N-ethyl adjacent to an activating group) is 1. The van der Waals surface area contributed by atoms with Crippen molar-refractivity contribution < 1.29 is 14.3 Å². The molecular weight excluding hydrogens is 510 g/mol. The maximum Gasteiger partial charge on any atom is 0.271 e. The molecule has 0 fully saturated rings. The molecule has 7 nitrogen and oxygen atoms in total. The second kappa shape index (κ2) is 11.6. The van der Waals surface area contributed by atoms with E-state index in [-0.39, 0.29) is 17.4 Å². The molecule has 1 amide bonds. The van der Waals surface area contributed by atoms with Crippen LogP contribution in [0.4, 0.5) is 0 Å². The van der Waals surface area contributed by atoms with Gasteiger partial charge in [0.05, 0.1) is 30.0 Å². The van der Waals surface area contributed by atoms with Crippen LogP contribution in [0, 0.1) is 6.92 Å². The van der Waals surface area contributed by atoms with Crippen molar-refractivity contribution in [1.82, 2.24) is 9.47 Å². The van der Waals surface area contributed by atoms with Crippen LogP contribution in [0.2, 0.25) is 0 Å². The highest BCUT2D eigenvalue weighted by Gasteiger charge is 2.35. The number of carbonyl (C=O) groups is 1. The van der Waals surface area contributed by atoms with Gasteiger partial charge in [0, 0.05) is 18.7 Å². The Morgan fingerprint density at radius 1 is 1.10 bits per heavy atom. The summed E-state index contributed by atoms with van der Waals surface area (Å²) in [5.41, 5.74) is 4.71. The molecule has 0 unspecified atom stereocenters. The Kier molecular flexibility index (Phi) is 8.45. The molecule has 206 valence electrons. The van der Waals surface area contributed by atoms with Crippen molar-refractivity contribution in [1.29, 1.82) is 0 Å². The van der Waals surface area contributed by atoms with Gasteiger partial charge in [0.1, 0.15) is 17.5 Å². The third-order valence-corrected chi connectivity index (χ3v) is 8.25. The summed E-state index contributed by atoms with van der Waals surface area (Å²) in [5, 5.41) is 0. The zero-order chi connectivity index (χ0) is 28.4. The Bertz CT molecular complexity index is 1610. The Hall–Kier alpha value is -3.65. The van der Waals surface area contributed by atoms with E-state index in [4.69, 9.17) is 14.5 Å². The van der Waals surface area contributed by atoms with Crippen LogP contribution in [0.15, 0.2) is 57.5 Å². The van der Waals surface area contributed by atoms with Crippen LogP contribution in [0.25, 0.3) is 6.08 Å². The van der Waals surface area contributed by atoms with Gasteiger partial charge in [-0.25, -0.2) is 4.99 Å². The number of ether oxygens (including phenoxy) is 2. The Labute approximate surface area is 233 Å². The van der Waals surface area contributed by atoms with E-state index in [9.17, 15) is 9.59 Å². The summed E-state index contributed by atoms with van der Waals surface area (Å²) in [4.78, 5) is 35.0. The number of fused-ring (bicyclic) bond motifs is 1. The molecule has 1 atom stereocenters. The number of carbonyl (C=O) groups excluding carboxylic acids is 1. The fourth-order valence-corrected chi connectivity index (χ4v) is 6.14. The van der Waals surface area contributed by atoms with Gasteiger partial charge in [-0.15, -0.1) is 0 Å². The second-order valence-corrected chi connectivity index (χ2v) is 10.9. The molecule has 4 rings (SSSR count). The zero-order valence-electron chi connectivity index (χ0n) is 24.0. The van der Waals surface area contributed by atoms with Crippen molar-refractivity contribution in [3.05, 3.63) is 89.6 Å². The maximum atomic E-state index is 14.1. The molecule has 0 aliphatic carbocycles. The van der Waals surface area contributed by atoms with E-state index in [1.165, 1.54) is 11.3 Å². The monoisotopic (exact) mass is 547 g/mol. The highest BCUT2D eigenvalue weighted by Crippen LogP contribution is 2.36. The van der Waals surface area contributed by atoms with E-state index < -0.39 is 6.04 Å². The molecule has 1 aromatic heterocycles. The van der Waals surface area contributed by atoms with Crippen molar-refractivity contribution in [2.45, 2.75) is 53.5 Å². The Morgan fingerprint density at radius 2 is 1.77 bits per heavy atom. The van der Waals surface area contributed by atoms with Crippen molar-refractivity contribution >= 4 is 23.3 Å². The SMILES string of the molecule is CCN(CC)C(=O)C1=C(C)N=c2s/c(=C/c3cc(C(C)C)c(OC)cc3C)c(=O)n2[C@@H]1c1ccccc1OC. The van der Waals surface area contributed by atoms with E-state index in [0.717, 1.165) is 28.0 Å². The summed E-state index contributed by atoms with van der Waals surface area (Å²) in [6, 6.07) is 11.0. The highest BCUT2D eigenvalue weighted by atomic mass is 32.1. The first-order valence-corrected chi connectivity index (χ1v) is 14.1. The number of hydrogen-bond acceptors (Lipinski definition) is 6. The van der Waals surface area contributed by atoms with Gasteiger partial charge in [-0.3, -0.25) is 14.2 Å². The van der Waals surface area contributed by atoms with Crippen LogP contribution in [0.1, 0.15) is 68.8 Å². The smallest absolute Gasteiger partial charge is 0.271 e. The molecule has 8 heteroatoms. The molecular formula is C31H37N3O4S. The first-order valence-electron chi connectivity index (χ1n) is 13.3. The number of benzene rings is 2. The summed E-state index contributed by atoms with van der Waals surface area (Å²) in [6.07, 6.45) is 1.93. The number of rotatable bonds is 8. The topological polar surface area (TPSA) is 73.1 Å². The molecule has 1 aliphatic rings. The van der Waals surface area contributed by atoms with Crippen LogP contribution in [-0.2, 0) is 4.79 Å². The number of amides is 1. The lowest BCUT2D eigenvalue weighted by molar-refractivity contribution is -0.127. The molecule has 0 bridgehead atoms. The minimum absolute atomic E-state index is 0.126. The normalized spacial score (nSPS) is 15.3. The second-order valence-electron chi connectivity index (χ2n) is 9.91. The number of methoxy groups -OCH3 is 2. The molecule has 0 N–H and O–H groups in total. The average Bonchev–Trinajstić information content (AvgIpc) is 3.23. The molecule has 39 heavy (non-hydrogen) atoms. The summed E-state index contributed by atoms with van der Waals surface area (Å²) < 4.78 is 13.5. The van der Waals surface area contributed by atoms with Gasteiger partial charge >= 0.3 is 0 Å². The van der Waals surface area contributed by atoms with Crippen LogP contribution in [0.3, 0.4) is 0 Å². The van der Waals surface area contributed by atoms with E-state index in [1.54, 1.807) is 23.7 Å². The minimum Gasteiger partial charge on any atom is -0.496 e. The van der Waals surface area contributed by atoms with E-state index in [0.29, 0.717) is 39.4 Å². The lowest BCUT2D eigenvalue weighted by Crippen LogP contribution is -2.43. The number of thiazole rings is 1. The number of aromatic nitrogens is 1. The van der Waals surface area contributed by atoms with E-state index in [2.05, 4.69) is 19.9 Å². The third-order valence-electron chi connectivity index (χ3n) is 7.26. The molecule has 2 aromatic carbocycles. The summed E-state index contributed by atoms with van der Waals surface area (Å²) in [6.45, 7) is 13.1. The predicted molar refractivity (Wildman–Crippen MR) is 157 cm³/mol. The number of aryl methyl sites for hydroxylation is 1. The van der Waals surface area contributed by atoms with Crippen LogP contribution in [-0.4, -0.2) is 42.7 Å². The van der Waals surface area contributed by atoms with Crippen molar-refractivity contribution in [2.24, 2.45) is 4.99 Å². The fourth-order valence-electron chi connectivity index (χ4n) is 5.10. The zero-order valence-corrected chi connectivity index (χ0v) is 24.8.